The monoisotopic (exact) mass is 402 g/mol. The maximum absolute atomic E-state index is 12.8. The van der Waals surface area contributed by atoms with Crippen molar-refractivity contribution < 1.29 is 17.9 Å². The molecule has 1 aliphatic rings. The molecule has 0 spiro atoms. The molecule has 1 heterocycles. The number of nitrogens with one attached hydrogen (secondary N) is 1. The average molecular weight is 403 g/mol. The van der Waals surface area contributed by atoms with Crippen LogP contribution in [0.2, 0.25) is 0 Å². The van der Waals surface area contributed by atoms with Crippen LogP contribution in [0.25, 0.3) is 0 Å². The van der Waals surface area contributed by atoms with Crippen LogP contribution in [0.15, 0.2) is 53.4 Å². The van der Waals surface area contributed by atoms with Crippen molar-refractivity contribution in [3.05, 3.63) is 59.7 Å². The molecule has 0 radical (unpaired) electrons. The van der Waals surface area contributed by atoms with E-state index >= 15 is 0 Å². The summed E-state index contributed by atoms with van der Waals surface area (Å²) in [6.45, 7) is 1.51. The average Bonchev–Trinajstić information content (AvgIpc) is 2.74. The third-order valence-electron chi connectivity index (χ3n) is 4.92. The summed E-state index contributed by atoms with van der Waals surface area (Å²) in [6, 6.07) is 13.9. The van der Waals surface area contributed by atoms with Crippen molar-refractivity contribution >= 4 is 15.9 Å². The van der Waals surface area contributed by atoms with E-state index in [4.69, 9.17) is 4.74 Å². The van der Waals surface area contributed by atoms with E-state index in [1.807, 2.05) is 24.3 Å². The van der Waals surface area contributed by atoms with Crippen molar-refractivity contribution in [2.75, 3.05) is 26.7 Å². The van der Waals surface area contributed by atoms with Crippen molar-refractivity contribution in [2.45, 2.75) is 30.6 Å². The molecule has 1 aliphatic heterocycles. The van der Waals surface area contributed by atoms with Gasteiger partial charge >= 0.3 is 0 Å². The number of carbonyl (C=O) groups excluding carboxylic acids is 1. The molecule has 1 saturated heterocycles. The van der Waals surface area contributed by atoms with Gasteiger partial charge in [0.25, 0.3) is 5.91 Å². The highest BCUT2D eigenvalue weighted by molar-refractivity contribution is 7.89. The molecule has 0 atom stereocenters. The van der Waals surface area contributed by atoms with E-state index in [1.165, 1.54) is 10.4 Å². The molecule has 6 nitrogen and oxygen atoms in total. The van der Waals surface area contributed by atoms with Crippen molar-refractivity contribution in [3.63, 3.8) is 0 Å². The first-order valence-electron chi connectivity index (χ1n) is 9.52. The summed E-state index contributed by atoms with van der Waals surface area (Å²) >= 11 is 0. The van der Waals surface area contributed by atoms with Crippen LogP contribution in [-0.2, 0) is 16.4 Å². The Labute approximate surface area is 166 Å². The number of nitrogens with zero attached hydrogens (tertiary/aromatic N) is 1. The van der Waals surface area contributed by atoms with Gasteiger partial charge < -0.3 is 10.1 Å². The fourth-order valence-corrected chi connectivity index (χ4v) is 4.94. The van der Waals surface area contributed by atoms with Crippen molar-refractivity contribution in [2.24, 2.45) is 0 Å². The maximum atomic E-state index is 12.8. The molecule has 0 aromatic heterocycles. The first kappa shape index (κ1) is 20.4. The minimum Gasteiger partial charge on any atom is -0.496 e. The molecule has 2 aromatic carbocycles. The Morgan fingerprint density at radius 2 is 1.82 bits per heavy atom. The minimum atomic E-state index is -3.55. The van der Waals surface area contributed by atoms with Gasteiger partial charge in [0, 0.05) is 25.2 Å². The molecule has 1 N–H and O–H groups in total. The Morgan fingerprint density at radius 1 is 1.07 bits per heavy atom. The molecular weight excluding hydrogens is 376 g/mol. The number of piperidine rings is 1. The Bertz CT molecular complexity index is 922. The van der Waals surface area contributed by atoms with E-state index in [2.05, 4.69) is 5.32 Å². The van der Waals surface area contributed by atoms with Gasteiger partial charge in [-0.3, -0.25) is 4.79 Å². The molecule has 3 rings (SSSR count). The summed E-state index contributed by atoms with van der Waals surface area (Å²) < 4.78 is 32.4. The van der Waals surface area contributed by atoms with E-state index in [9.17, 15) is 13.2 Å². The van der Waals surface area contributed by atoms with Crippen LogP contribution in [0.1, 0.15) is 35.2 Å². The number of hydrogen-bond donors (Lipinski definition) is 1. The largest absolute Gasteiger partial charge is 0.496 e. The predicted molar refractivity (Wildman–Crippen MR) is 108 cm³/mol. The first-order valence-corrected chi connectivity index (χ1v) is 11.0. The zero-order chi connectivity index (χ0) is 20.0. The highest BCUT2D eigenvalue weighted by Crippen LogP contribution is 2.21. The smallest absolute Gasteiger partial charge is 0.251 e. The lowest BCUT2D eigenvalue weighted by Gasteiger charge is -2.26. The first-order chi connectivity index (χ1) is 13.5. The second kappa shape index (κ2) is 9.21. The summed E-state index contributed by atoms with van der Waals surface area (Å²) in [5, 5.41) is 2.85. The SMILES string of the molecule is COc1ccccc1CCNC(=O)c1cccc(S(=O)(=O)N2CCCCC2)c1. The van der Waals surface area contributed by atoms with E-state index in [-0.39, 0.29) is 10.8 Å². The van der Waals surface area contributed by atoms with Gasteiger partial charge in [-0.25, -0.2) is 8.42 Å². The number of sulfonamides is 1. The molecular formula is C21H26N2O4S. The summed E-state index contributed by atoms with van der Waals surface area (Å²) in [5.74, 6) is 0.497. The Balaban J connectivity index is 1.65. The van der Waals surface area contributed by atoms with Gasteiger partial charge in [0.15, 0.2) is 0 Å². The second-order valence-corrected chi connectivity index (χ2v) is 8.75. The highest BCUT2D eigenvalue weighted by Gasteiger charge is 2.26. The second-order valence-electron chi connectivity index (χ2n) is 6.81. The number of amides is 1. The van der Waals surface area contributed by atoms with Crippen molar-refractivity contribution in [1.82, 2.24) is 9.62 Å². The van der Waals surface area contributed by atoms with Gasteiger partial charge in [-0.2, -0.15) is 4.31 Å². The zero-order valence-electron chi connectivity index (χ0n) is 16.1. The summed E-state index contributed by atoms with van der Waals surface area (Å²) in [7, 11) is -1.94. The predicted octanol–water partition coefficient (Wildman–Crippen LogP) is 2.84. The lowest BCUT2D eigenvalue weighted by atomic mass is 10.1. The molecule has 0 aliphatic carbocycles. The number of rotatable bonds is 7. The lowest BCUT2D eigenvalue weighted by Crippen LogP contribution is -2.35. The number of benzene rings is 2. The normalized spacial score (nSPS) is 15.2. The van der Waals surface area contributed by atoms with Crippen LogP contribution >= 0.6 is 0 Å². The van der Waals surface area contributed by atoms with Crippen LogP contribution < -0.4 is 10.1 Å². The Kier molecular flexibility index (Phi) is 6.70. The van der Waals surface area contributed by atoms with Gasteiger partial charge in [-0.15, -0.1) is 0 Å². The van der Waals surface area contributed by atoms with Gasteiger partial charge in [0.1, 0.15) is 5.75 Å². The number of carbonyl (C=O) groups is 1. The molecule has 2 aromatic rings. The van der Waals surface area contributed by atoms with Crippen LogP contribution in [0.3, 0.4) is 0 Å². The molecule has 0 saturated carbocycles. The van der Waals surface area contributed by atoms with E-state index < -0.39 is 10.0 Å². The van der Waals surface area contributed by atoms with Gasteiger partial charge in [-0.05, 0) is 49.1 Å². The number of ether oxygens (including phenoxy) is 1. The van der Waals surface area contributed by atoms with Crippen LogP contribution in [0.4, 0.5) is 0 Å². The zero-order valence-corrected chi connectivity index (χ0v) is 16.9. The molecule has 1 amide bonds. The van der Waals surface area contributed by atoms with Crippen molar-refractivity contribution in [3.8, 4) is 5.75 Å². The minimum absolute atomic E-state index is 0.173. The summed E-state index contributed by atoms with van der Waals surface area (Å²) in [5.41, 5.74) is 1.35. The van der Waals surface area contributed by atoms with E-state index in [1.54, 1.807) is 25.3 Å². The Morgan fingerprint density at radius 3 is 2.57 bits per heavy atom. The standard InChI is InChI=1S/C21H26N2O4S/c1-27-20-11-4-3-8-17(20)12-13-22-21(24)18-9-7-10-19(16-18)28(25,26)23-14-5-2-6-15-23/h3-4,7-11,16H,2,5-6,12-15H2,1H3,(H,22,24). The Hall–Kier alpha value is -2.38. The van der Waals surface area contributed by atoms with Crippen LogP contribution in [0.5, 0.6) is 5.75 Å². The van der Waals surface area contributed by atoms with Gasteiger partial charge in [0.05, 0.1) is 12.0 Å². The van der Waals surface area contributed by atoms with E-state index in [0.29, 0.717) is 31.6 Å². The highest BCUT2D eigenvalue weighted by atomic mass is 32.2. The van der Waals surface area contributed by atoms with Crippen LogP contribution in [-0.4, -0.2) is 45.4 Å². The topological polar surface area (TPSA) is 75.7 Å². The lowest BCUT2D eigenvalue weighted by molar-refractivity contribution is 0.0954. The molecule has 0 unspecified atom stereocenters. The third-order valence-corrected chi connectivity index (χ3v) is 6.82. The number of methoxy groups -OCH3 is 1. The summed E-state index contributed by atoms with van der Waals surface area (Å²) in [6.07, 6.45) is 3.44. The fourth-order valence-electron chi connectivity index (χ4n) is 3.37. The fraction of sp³-hybridized carbons (Fsp3) is 0.381. The molecule has 150 valence electrons. The number of hydrogen-bond acceptors (Lipinski definition) is 4. The van der Waals surface area contributed by atoms with E-state index in [0.717, 1.165) is 30.6 Å². The third kappa shape index (κ3) is 4.72. The quantitative estimate of drug-likeness (QED) is 0.773. The molecule has 1 fully saturated rings. The summed E-state index contributed by atoms with van der Waals surface area (Å²) in [4.78, 5) is 12.7. The molecule has 7 heteroatoms. The molecule has 28 heavy (non-hydrogen) atoms. The molecule has 0 bridgehead atoms. The van der Waals surface area contributed by atoms with Crippen LogP contribution in [0, 0.1) is 0 Å². The van der Waals surface area contributed by atoms with Gasteiger partial charge in [0.2, 0.25) is 10.0 Å². The van der Waals surface area contributed by atoms with Gasteiger partial charge in [-0.1, -0.05) is 30.7 Å². The number of para-hydroxylation sites is 1. The maximum Gasteiger partial charge on any atom is 0.251 e. The van der Waals surface area contributed by atoms with Crippen molar-refractivity contribution in [1.29, 1.82) is 0 Å².